The van der Waals surface area contributed by atoms with Crippen molar-refractivity contribution in [3.8, 4) is 5.69 Å². The number of hydrogen-bond donors (Lipinski definition) is 1. The van der Waals surface area contributed by atoms with Crippen LogP contribution < -0.4 is 11.2 Å². The second-order valence-electron chi connectivity index (χ2n) is 3.68. The number of H-pyrrole nitrogens is 1. The Bertz CT molecular complexity index is 847. The predicted molar refractivity (Wildman–Crippen MR) is 68.0 cm³/mol. The van der Waals surface area contributed by atoms with Gasteiger partial charge in [-0.2, -0.15) is 0 Å². The highest BCUT2D eigenvalue weighted by Crippen LogP contribution is 2.19. The van der Waals surface area contributed by atoms with Crippen LogP contribution in [0.1, 0.15) is 0 Å². The number of thiophene rings is 1. The molecule has 0 saturated carbocycles. The molecule has 0 fully saturated rings. The highest BCUT2D eigenvalue weighted by atomic mass is 32.1. The molecule has 0 spiro atoms. The summed E-state index contributed by atoms with van der Waals surface area (Å²) in [5.41, 5.74) is -0.547. The van der Waals surface area contributed by atoms with Gasteiger partial charge in [0.2, 0.25) is 0 Å². The lowest BCUT2D eigenvalue weighted by molar-refractivity contribution is 0.616. The van der Waals surface area contributed by atoms with Crippen LogP contribution in [0.15, 0.2) is 45.3 Å². The Morgan fingerprint density at radius 2 is 1.94 bits per heavy atom. The molecule has 3 aromatic rings. The molecular formula is C12H7FN2O2S. The monoisotopic (exact) mass is 262 g/mol. The number of para-hydroxylation sites is 1. The number of benzene rings is 1. The van der Waals surface area contributed by atoms with Gasteiger partial charge in [0.25, 0.3) is 5.56 Å². The summed E-state index contributed by atoms with van der Waals surface area (Å²) in [6.07, 6.45) is 0. The zero-order valence-electron chi connectivity index (χ0n) is 9.01. The van der Waals surface area contributed by atoms with Crippen LogP contribution >= 0.6 is 11.3 Å². The van der Waals surface area contributed by atoms with Crippen molar-refractivity contribution in [3.05, 3.63) is 62.4 Å². The Morgan fingerprint density at radius 1 is 1.17 bits per heavy atom. The Kier molecular flexibility index (Phi) is 2.38. The van der Waals surface area contributed by atoms with E-state index in [1.807, 2.05) is 0 Å². The summed E-state index contributed by atoms with van der Waals surface area (Å²) in [5.74, 6) is -0.515. The molecule has 0 aliphatic rings. The van der Waals surface area contributed by atoms with Crippen LogP contribution in [0.4, 0.5) is 4.39 Å². The number of hydrogen-bond acceptors (Lipinski definition) is 3. The van der Waals surface area contributed by atoms with E-state index in [1.165, 1.54) is 28.0 Å². The molecule has 0 bridgehead atoms. The van der Waals surface area contributed by atoms with Crippen LogP contribution in [-0.2, 0) is 0 Å². The second kappa shape index (κ2) is 3.92. The number of nitrogens with zero attached hydrogens (tertiary/aromatic N) is 1. The van der Waals surface area contributed by atoms with Crippen LogP contribution in [0.3, 0.4) is 0 Å². The van der Waals surface area contributed by atoms with Crippen molar-refractivity contribution in [1.29, 1.82) is 0 Å². The van der Waals surface area contributed by atoms with Crippen LogP contribution in [0.2, 0.25) is 0 Å². The maximum absolute atomic E-state index is 13.7. The summed E-state index contributed by atoms with van der Waals surface area (Å²) in [6, 6.07) is 7.56. The topological polar surface area (TPSA) is 54.9 Å². The molecular weight excluding hydrogens is 255 g/mol. The van der Waals surface area contributed by atoms with Crippen LogP contribution in [-0.4, -0.2) is 9.55 Å². The van der Waals surface area contributed by atoms with E-state index in [2.05, 4.69) is 4.98 Å². The van der Waals surface area contributed by atoms with Gasteiger partial charge in [0.05, 0.1) is 11.2 Å². The molecule has 0 atom stereocenters. The average Bonchev–Trinajstić information content (AvgIpc) is 2.81. The maximum Gasteiger partial charge on any atom is 0.333 e. The van der Waals surface area contributed by atoms with E-state index in [0.717, 1.165) is 0 Å². The number of halogens is 1. The van der Waals surface area contributed by atoms with Gasteiger partial charge >= 0.3 is 5.69 Å². The van der Waals surface area contributed by atoms with E-state index in [0.29, 0.717) is 10.2 Å². The molecule has 1 aromatic carbocycles. The van der Waals surface area contributed by atoms with Gasteiger partial charge < -0.3 is 0 Å². The third-order valence-electron chi connectivity index (χ3n) is 2.61. The Hall–Kier alpha value is -2.21. The first-order chi connectivity index (χ1) is 8.68. The van der Waals surface area contributed by atoms with Crippen molar-refractivity contribution in [2.75, 3.05) is 0 Å². The van der Waals surface area contributed by atoms with Crippen molar-refractivity contribution in [1.82, 2.24) is 9.55 Å². The molecule has 4 nitrogen and oxygen atoms in total. The summed E-state index contributed by atoms with van der Waals surface area (Å²) in [7, 11) is 0. The minimum absolute atomic E-state index is 0.127. The molecule has 0 amide bonds. The minimum atomic E-state index is -0.643. The minimum Gasteiger partial charge on any atom is -0.272 e. The van der Waals surface area contributed by atoms with Crippen molar-refractivity contribution in [2.45, 2.75) is 0 Å². The number of aromatic nitrogens is 2. The zero-order chi connectivity index (χ0) is 12.7. The lowest BCUT2D eigenvalue weighted by Crippen LogP contribution is -2.28. The molecule has 0 saturated heterocycles. The fourth-order valence-electron chi connectivity index (χ4n) is 1.84. The van der Waals surface area contributed by atoms with Gasteiger partial charge in [0.15, 0.2) is 0 Å². The maximum atomic E-state index is 13.7. The zero-order valence-corrected chi connectivity index (χ0v) is 9.83. The van der Waals surface area contributed by atoms with Gasteiger partial charge in [-0.1, -0.05) is 12.1 Å². The Morgan fingerprint density at radius 3 is 2.72 bits per heavy atom. The molecule has 0 aliphatic carbocycles. The highest BCUT2D eigenvalue weighted by molar-refractivity contribution is 7.17. The van der Waals surface area contributed by atoms with Crippen LogP contribution in [0.25, 0.3) is 15.9 Å². The third kappa shape index (κ3) is 1.50. The molecule has 2 heterocycles. The van der Waals surface area contributed by atoms with Gasteiger partial charge in [0, 0.05) is 0 Å². The van der Waals surface area contributed by atoms with E-state index in [1.54, 1.807) is 23.6 Å². The molecule has 2 aromatic heterocycles. The van der Waals surface area contributed by atoms with Crippen LogP contribution in [0, 0.1) is 5.82 Å². The number of fused-ring (bicyclic) bond motifs is 1. The van der Waals surface area contributed by atoms with Crippen molar-refractivity contribution in [2.24, 2.45) is 0 Å². The van der Waals surface area contributed by atoms with Crippen molar-refractivity contribution in [3.63, 3.8) is 0 Å². The number of rotatable bonds is 1. The second-order valence-corrected chi connectivity index (χ2v) is 4.60. The normalized spacial score (nSPS) is 10.9. The van der Waals surface area contributed by atoms with E-state index in [4.69, 9.17) is 0 Å². The largest absolute Gasteiger partial charge is 0.333 e. The quantitative estimate of drug-likeness (QED) is 0.728. The molecule has 90 valence electrons. The predicted octanol–water partition coefficient (Wildman–Crippen LogP) is 1.88. The lowest BCUT2D eigenvalue weighted by Gasteiger charge is -2.07. The van der Waals surface area contributed by atoms with Gasteiger partial charge in [-0.05, 0) is 23.6 Å². The third-order valence-corrected chi connectivity index (χ3v) is 3.51. The molecule has 18 heavy (non-hydrogen) atoms. The molecule has 6 heteroatoms. The van der Waals surface area contributed by atoms with Crippen molar-refractivity contribution >= 4 is 21.6 Å². The Labute approximate surface area is 104 Å². The highest BCUT2D eigenvalue weighted by Gasteiger charge is 2.12. The molecule has 0 unspecified atom stereocenters. The average molecular weight is 262 g/mol. The lowest BCUT2D eigenvalue weighted by atomic mass is 10.3. The summed E-state index contributed by atoms with van der Waals surface area (Å²) in [6.45, 7) is 0. The fourth-order valence-corrected chi connectivity index (χ4v) is 2.61. The summed E-state index contributed by atoms with van der Waals surface area (Å²) >= 11 is 1.21. The number of nitrogens with one attached hydrogen (secondary N) is 1. The SMILES string of the molecule is O=c1[nH]c(=O)n(-c2ccccc2F)c2ccsc12. The first-order valence-corrected chi connectivity index (χ1v) is 6.04. The Balaban J connectivity index is 2.51. The van der Waals surface area contributed by atoms with Crippen molar-refractivity contribution < 1.29 is 4.39 Å². The molecule has 1 N–H and O–H groups in total. The summed E-state index contributed by atoms with van der Waals surface area (Å²) < 4.78 is 15.3. The summed E-state index contributed by atoms with van der Waals surface area (Å²) in [4.78, 5) is 25.6. The van der Waals surface area contributed by atoms with Gasteiger partial charge in [-0.25, -0.2) is 9.18 Å². The van der Waals surface area contributed by atoms with E-state index in [-0.39, 0.29) is 5.69 Å². The molecule has 3 rings (SSSR count). The smallest absolute Gasteiger partial charge is 0.272 e. The van der Waals surface area contributed by atoms with Gasteiger partial charge in [0.1, 0.15) is 10.5 Å². The molecule has 0 radical (unpaired) electrons. The van der Waals surface area contributed by atoms with Crippen LogP contribution in [0.5, 0.6) is 0 Å². The fraction of sp³-hybridized carbons (Fsp3) is 0. The van der Waals surface area contributed by atoms with E-state index in [9.17, 15) is 14.0 Å². The first kappa shape index (κ1) is 10.9. The van der Waals surface area contributed by atoms with Gasteiger partial charge in [-0.3, -0.25) is 14.3 Å². The van der Waals surface area contributed by atoms with Gasteiger partial charge in [-0.15, -0.1) is 11.3 Å². The first-order valence-electron chi connectivity index (χ1n) is 5.16. The number of aromatic amines is 1. The molecule has 0 aliphatic heterocycles. The van der Waals surface area contributed by atoms with E-state index >= 15 is 0 Å². The summed E-state index contributed by atoms with van der Waals surface area (Å²) in [5, 5.41) is 1.69. The van der Waals surface area contributed by atoms with E-state index < -0.39 is 17.1 Å². The standard InChI is InChI=1S/C12H7FN2O2S/c13-7-3-1-2-4-8(7)15-9-5-6-18-10(9)11(16)14-12(15)17/h1-6H,(H,14,16,17).